The van der Waals surface area contributed by atoms with Crippen LogP contribution >= 0.6 is 0 Å². The number of anilines is 2. The van der Waals surface area contributed by atoms with Crippen LogP contribution in [0, 0.1) is 0 Å². The van der Waals surface area contributed by atoms with Crippen LogP contribution in [-0.2, 0) is 6.42 Å². The van der Waals surface area contributed by atoms with Gasteiger partial charge in [0.2, 0.25) is 0 Å². The van der Waals surface area contributed by atoms with E-state index in [2.05, 4.69) is 125 Å². The Morgan fingerprint density at radius 3 is 2.45 bits per heavy atom. The molecule has 200 valence electrons. The monoisotopic (exact) mass is 539 g/mol. The molecule has 2 unspecified atom stereocenters. The highest BCUT2D eigenvalue weighted by molar-refractivity contribution is 6.12. The number of nitrogens with zero attached hydrogens (tertiary/aromatic N) is 3. The van der Waals surface area contributed by atoms with Gasteiger partial charge in [-0.15, -0.1) is 0 Å². The van der Waals surface area contributed by atoms with E-state index in [0.717, 1.165) is 30.8 Å². The second-order valence-corrected chi connectivity index (χ2v) is 12.1. The molecular weight excluding hydrogens is 510 g/mol. The molecule has 3 nitrogen and oxygen atoms in total. The minimum Gasteiger partial charge on any atom is -0.332 e. The molecule has 0 fully saturated rings. The quantitative estimate of drug-likeness (QED) is 0.194. The van der Waals surface area contributed by atoms with Crippen molar-refractivity contribution in [1.29, 1.82) is 0 Å². The lowest BCUT2D eigenvalue weighted by atomic mass is 9.84. The maximum Gasteiger partial charge on any atom is 0.114 e. The molecule has 0 bridgehead atoms. The van der Waals surface area contributed by atoms with Gasteiger partial charge in [0.15, 0.2) is 0 Å². The molecule has 3 heteroatoms. The molecule has 42 heavy (non-hydrogen) atoms. The third kappa shape index (κ3) is 2.88. The molecule has 0 saturated heterocycles. The Bertz CT molecular complexity index is 2290. The largest absolute Gasteiger partial charge is 0.332 e. The van der Waals surface area contributed by atoms with Gasteiger partial charge in [-0.3, -0.25) is 4.57 Å². The summed E-state index contributed by atoms with van der Waals surface area (Å²) >= 11 is 0. The number of hydrogen-bond acceptors (Lipinski definition) is 2. The molecule has 5 aromatic carbocycles. The van der Waals surface area contributed by atoms with E-state index in [-0.39, 0.29) is 6.04 Å². The Hall–Kier alpha value is -4.89. The number of aryl methyl sites for hydroxylation is 1. The first kappa shape index (κ1) is 22.8. The Labute approximate surface area is 244 Å². The van der Waals surface area contributed by atoms with Gasteiger partial charge in [-0.25, -0.2) is 4.99 Å². The molecule has 6 aromatic rings. The maximum atomic E-state index is 5.48. The summed E-state index contributed by atoms with van der Waals surface area (Å²) in [5.74, 6) is 1.46. The second-order valence-electron chi connectivity index (χ2n) is 12.1. The minimum atomic E-state index is 0.253. The average molecular weight is 540 g/mol. The Kier molecular flexibility index (Phi) is 4.51. The van der Waals surface area contributed by atoms with Crippen molar-refractivity contribution in [3.63, 3.8) is 0 Å². The molecule has 0 spiro atoms. The zero-order chi connectivity index (χ0) is 27.4. The summed E-state index contributed by atoms with van der Waals surface area (Å²) in [7, 11) is 0. The number of aromatic nitrogens is 1. The standard InChI is InChI=1S/C39H29N3/c1-4-14-26-24(11-1)21-22-34-36(26)30-23-29-27-15-5-8-18-32(27)41-33-19-9-6-16-28(33)37(38(29)41)39(30)42(34)35-20-10-3-13-25-12-2-7-17-31(25)40-35/h1-2,4-9,11-12,14-19,21-23,29,38H,3,10,13,20H2/b40-35+. The molecule has 10 rings (SSSR count). The van der Waals surface area contributed by atoms with E-state index in [1.54, 1.807) is 0 Å². The normalized spacial score (nSPS) is 21.0. The molecule has 1 aromatic heterocycles. The fourth-order valence-corrected chi connectivity index (χ4v) is 8.33. The summed E-state index contributed by atoms with van der Waals surface area (Å²) in [6.45, 7) is 0. The van der Waals surface area contributed by atoms with Crippen molar-refractivity contribution in [2.75, 3.05) is 4.90 Å². The Balaban J connectivity index is 1.42. The van der Waals surface area contributed by atoms with Crippen molar-refractivity contribution in [3.05, 3.63) is 136 Å². The number of aliphatic imine (C=N–C) groups is 1. The van der Waals surface area contributed by atoms with E-state index in [1.807, 2.05) is 0 Å². The Morgan fingerprint density at radius 2 is 1.48 bits per heavy atom. The van der Waals surface area contributed by atoms with Gasteiger partial charge in [-0.05, 0) is 65.4 Å². The molecule has 0 saturated carbocycles. The van der Waals surface area contributed by atoms with E-state index in [0.29, 0.717) is 5.92 Å². The van der Waals surface area contributed by atoms with Crippen molar-refractivity contribution in [2.45, 2.75) is 37.6 Å². The van der Waals surface area contributed by atoms with Crippen molar-refractivity contribution in [3.8, 4) is 0 Å². The summed E-state index contributed by atoms with van der Waals surface area (Å²) < 4.78 is 2.56. The number of para-hydroxylation sites is 3. The zero-order valence-corrected chi connectivity index (χ0v) is 23.3. The van der Waals surface area contributed by atoms with E-state index >= 15 is 0 Å². The van der Waals surface area contributed by atoms with Gasteiger partial charge in [0.25, 0.3) is 0 Å². The van der Waals surface area contributed by atoms with Crippen LogP contribution in [0.1, 0.15) is 41.9 Å². The van der Waals surface area contributed by atoms with Gasteiger partial charge in [-0.1, -0.05) is 91.0 Å². The van der Waals surface area contributed by atoms with E-state index in [1.165, 1.54) is 72.3 Å². The van der Waals surface area contributed by atoms with E-state index in [4.69, 9.17) is 4.99 Å². The molecule has 4 aliphatic rings. The Morgan fingerprint density at radius 1 is 0.690 bits per heavy atom. The lowest BCUT2D eigenvalue weighted by Crippen LogP contribution is -2.43. The fraction of sp³-hybridized carbons (Fsp3) is 0.154. The summed E-state index contributed by atoms with van der Waals surface area (Å²) in [4.78, 5) is 8.09. The minimum absolute atomic E-state index is 0.253. The van der Waals surface area contributed by atoms with Crippen LogP contribution < -0.4 is 15.5 Å². The van der Waals surface area contributed by atoms with Gasteiger partial charge in [0.1, 0.15) is 5.84 Å². The SMILES string of the molecule is C1=c2c(n(/C3=N/c4ccccc4CCCC3)c3ccc4ccccc4c23)=C2c3ccccc3N3c4ccccc4C1C23. The van der Waals surface area contributed by atoms with Crippen molar-refractivity contribution >= 4 is 56.2 Å². The van der Waals surface area contributed by atoms with E-state index in [9.17, 15) is 0 Å². The molecule has 1 aliphatic carbocycles. The van der Waals surface area contributed by atoms with Crippen LogP contribution in [0.25, 0.3) is 33.3 Å². The summed E-state index contributed by atoms with van der Waals surface area (Å²) in [5.41, 5.74) is 10.6. The molecule has 0 amide bonds. The van der Waals surface area contributed by atoms with Crippen LogP contribution in [0.5, 0.6) is 0 Å². The first-order valence-electron chi connectivity index (χ1n) is 15.3. The molecule has 0 N–H and O–H groups in total. The van der Waals surface area contributed by atoms with Crippen molar-refractivity contribution in [1.82, 2.24) is 4.57 Å². The van der Waals surface area contributed by atoms with E-state index < -0.39 is 0 Å². The van der Waals surface area contributed by atoms with Crippen LogP contribution in [0.15, 0.2) is 114 Å². The third-order valence-electron chi connectivity index (χ3n) is 10.0. The zero-order valence-electron chi connectivity index (χ0n) is 23.3. The lowest BCUT2D eigenvalue weighted by Gasteiger charge is -2.25. The van der Waals surface area contributed by atoms with Gasteiger partial charge in [-0.2, -0.15) is 0 Å². The van der Waals surface area contributed by atoms with Crippen molar-refractivity contribution < 1.29 is 0 Å². The first-order chi connectivity index (χ1) is 20.9. The number of hydrogen-bond donors (Lipinski definition) is 0. The maximum absolute atomic E-state index is 5.48. The van der Waals surface area contributed by atoms with Crippen molar-refractivity contribution in [2.24, 2.45) is 4.99 Å². The fourth-order valence-electron chi connectivity index (χ4n) is 8.33. The molecular formula is C39H29N3. The molecule has 4 heterocycles. The van der Waals surface area contributed by atoms with Gasteiger partial charge < -0.3 is 4.90 Å². The molecule has 2 atom stereocenters. The number of fused-ring (bicyclic) bond motifs is 12. The number of rotatable bonds is 0. The highest BCUT2D eigenvalue weighted by Gasteiger charge is 2.48. The predicted molar refractivity (Wildman–Crippen MR) is 174 cm³/mol. The smallest absolute Gasteiger partial charge is 0.114 e. The topological polar surface area (TPSA) is 20.5 Å². The van der Waals surface area contributed by atoms with Gasteiger partial charge >= 0.3 is 0 Å². The second kappa shape index (κ2) is 8.33. The van der Waals surface area contributed by atoms with Crippen LogP contribution in [0.4, 0.5) is 17.1 Å². The van der Waals surface area contributed by atoms with Crippen LogP contribution in [0.2, 0.25) is 0 Å². The summed E-state index contributed by atoms with van der Waals surface area (Å²) in [6, 6.07) is 40.6. The summed E-state index contributed by atoms with van der Waals surface area (Å²) in [6.07, 6.45) is 6.97. The van der Waals surface area contributed by atoms with Gasteiger partial charge in [0, 0.05) is 45.5 Å². The van der Waals surface area contributed by atoms with Gasteiger partial charge in [0.05, 0.1) is 22.6 Å². The highest BCUT2D eigenvalue weighted by Crippen LogP contribution is 2.56. The lowest BCUT2D eigenvalue weighted by molar-refractivity contribution is 0.743. The molecule has 0 radical (unpaired) electrons. The average Bonchev–Trinajstić information content (AvgIpc) is 3.66. The number of benzene rings is 5. The van der Waals surface area contributed by atoms with Crippen LogP contribution in [-0.4, -0.2) is 16.4 Å². The summed E-state index contributed by atoms with van der Waals surface area (Å²) in [5, 5.41) is 6.66. The predicted octanol–water partition coefficient (Wildman–Crippen LogP) is 7.71. The first-order valence-corrected chi connectivity index (χ1v) is 15.3. The van der Waals surface area contributed by atoms with Crippen LogP contribution in [0.3, 0.4) is 0 Å². The molecule has 3 aliphatic heterocycles. The highest BCUT2D eigenvalue weighted by atomic mass is 15.2. The third-order valence-corrected chi connectivity index (χ3v) is 10.0.